The van der Waals surface area contributed by atoms with E-state index in [9.17, 15) is 9.90 Å². The van der Waals surface area contributed by atoms with Crippen LogP contribution in [0.4, 0.5) is 0 Å². The largest absolute Gasteiger partial charge is 0.392 e. The van der Waals surface area contributed by atoms with Crippen molar-refractivity contribution in [1.29, 1.82) is 0 Å². The SMILES string of the molecule is C=C1C[C@@H]2CC[C@@]34C[C@H]5OC6[C@@H](O[C@H]7CC[C@H](CC(=O)C[C@@H]8[C@@H](OC)[C@@H](C[C@H](O)CN)O[C@H]8C[C@H]8O[C@@H](CC[C@@H]1O2)C[C@@H](C)C8=C)O[C@@H]7[C@@H]6O3)[C@H]5O4.CC. The smallest absolute Gasteiger partial charge is 0.172 e. The van der Waals surface area contributed by atoms with Crippen molar-refractivity contribution in [3.63, 3.8) is 0 Å². The number of rotatable bonds is 4. The molecule has 12 bridgehead atoms. The van der Waals surface area contributed by atoms with Crippen LogP contribution in [0.25, 0.3) is 0 Å². The Bertz CT molecular complexity index is 1380. The van der Waals surface area contributed by atoms with Gasteiger partial charge in [0.15, 0.2) is 5.79 Å². The van der Waals surface area contributed by atoms with Gasteiger partial charge in [-0.05, 0) is 62.0 Å². The summed E-state index contributed by atoms with van der Waals surface area (Å²) in [5.74, 6) is -0.619. The number of fused-ring (bicyclic) bond motifs is 6. The highest BCUT2D eigenvalue weighted by atomic mass is 16.8. The van der Waals surface area contributed by atoms with E-state index in [1.54, 1.807) is 7.11 Å². The predicted molar refractivity (Wildman–Crippen MR) is 198 cm³/mol. The number of methoxy groups -OCH3 is 1. The van der Waals surface area contributed by atoms with Gasteiger partial charge in [0.25, 0.3) is 0 Å². The minimum absolute atomic E-state index is 0.0158. The first-order valence-corrected chi connectivity index (χ1v) is 21.2. The van der Waals surface area contributed by atoms with Crippen LogP contribution in [-0.2, 0) is 47.4 Å². The molecule has 3 N–H and O–H groups in total. The van der Waals surface area contributed by atoms with Gasteiger partial charge >= 0.3 is 0 Å². The van der Waals surface area contributed by atoms with Gasteiger partial charge in [0.05, 0.1) is 67.1 Å². The predicted octanol–water partition coefficient (Wildman–Crippen LogP) is 4.46. The van der Waals surface area contributed by atoms with Gasteiger partial charge in [-0.15, -0.1) is 0 Å². The molecule has 10 aliphatic rings. The molecule has 10 rings (SSSR count). The van der Waals surface area contributed by atoms with E-state index in [-0.39, 0.29) is 122 Å². The summed E-state index contributed by atoms with van der Waals surface area (Å²) in [5.41, 5.74) is 8.01. The quantitative estimate of drug-likeness (QED) is 0.391. The minimum Gasteiger partial charge on any atom is -0.392 e. The topological polar surface area (TPSA) is 146 Å². The minimum atomic E-state index is -0.780. The van der Waals surface area contributed by atoms with Crippen molar-refractivity contribution in [2.45, 2.75) is 208 Å². The van der Waals surface area contributed by atoms with Crippen LogP contribution in [-0.4, -0.2) is 128 Å². The summed E-state index contributed by atoms with van der Waals surface area (Å²) in [6.07, 6.45) is 4.85. The summed E-state index contributed by atoms with van der Waals surface area (Å²) in [7, 11) is 1.66. The van der Waals surface area contributed by atoms with Crippen LogP contribution < -0.4 is 5.73 Å². The summed E-state index contributed by atoms with van der Waals surface area (Å²) in [6.45, 7) is 15.3. The second-order valence-electron chi connectivity index (χ2n) is 17.4. The molecule has 54 heavy (non-hydrogen) atoms. The highest BCUT2D eigenvalue weighted by Gasteiger charge is 2.68. The van der Waals surface area contributed by atoms with Crippen molar-refractivity contribution >= 4 is 5.78 Å². The van der Waals surface area contributed by atoms with E-state index in [0.717, 1.165) is 56.1 Å². The average Bonchev–Trinajstić information content (AvgIpc) is 3.84. The van der Waals surface area contributed by atoms with E-state index in [2.05, 4.69) is 20.1 Å². The Morgan fingerprint density at radius 1 is 0.796 bits per heavy atom. The number of nitrogens with two attached hydrogens (primary N) is 1. The number of ether oxygens (including phenoxy) is 9. The maximum Gasteiger partial charge on any atom is 0.172 e. The van der Waals surface area contributed by atoms with Crippen LogP contribution >= 0.6 is 0 Å². The van der Waals surface area contributed by atoms with E-state index < -0.39 is 18.0 Å². The first kappa shape index (κ1) is 39.5. The van der Waals surface area contributed by atoms with Gasteiger partial charge in [-0.3, -0.25) is 4.79 Å². The Morgan fingerprint density at radius 3 is 2.31 bits per heavy atom. The van der Waals surface area contributed by atoms with Gasteiger partial charge < -0.3 is 53.5 Å². The first-order valence-electron chi connectivity index (χ1n) is 21.2. The Morgan fingerprint density at radius 2 is 1.52 bits per heavy atom. The fourth-order valence-electron chi connectivity index (χ4n) is 11.3. The highest BCUT2D eigenvalue weighted by molar-refractivity contribution is 5.79. The molecule has 12 nitrogen and oxygen atoms in total. The summed E-state index contributed by atoms with van der Waals surface area (Å²) in [5, 5.41) is 10.5. The van der Waals surface area contributed by atoms with Crippen molar-refractivity contribution < 1.29 is 52.5 Å². The molecule has 10 heterocycles. The fourth-order valence-corrected chi connectivity index (χ4v) is 11.3. The third kappa shape index (κ3) is 7.45. The molecule has 10 saturated heterocycles. The number of ketones is 1. The average molecular weight is 760 g/mol. The van der Waals surface area contributed by atoms with Crippen LogP contribution in [0.15, 0.2) is 24.3 Å². The van der Waals surface area contributed by atoms with Gasteiger partial charge in [-0.1, -0.05) is 33.9 Å². The maximum absolute atomic E-state index is 14.1. The molecule has 0 aromatic carbocycles. The lowest BCUT2D eigenvalue weighted by Gasteiger charge is -2.47. The molecule has 0 aliphatic carbocycles. The van der Waals surface area contributed by atoms with Crippen molar-refractivity contribution in [3.8, 4) is 0 Å². The second-order valence-corrected chi connectivity index (χ2v) is 17.4. The van der Waals surface area contributed by atoms with Crippen molar-refractivity contribution in [1.82, 2.24) is 0 Å². The summed E-state index contributed by atoms with van der Waals surface area (Å²) >= 11 is 0. The van der Waals surface area contributed by atoms with Gasteiger partial charge in [0, 0.05) is 58.1 Å². The number of hydrogen-bond donors (Lipinski definition) is 2. The Labute approximate surface area is 321 Å². The van der Waals surface area contributed by atoms with Gasteiger partial charge in [-0.2, -0.15) is 0 Å². The molecule has 19 atom stereocenters. The van der Waals surface area contributed by atoms with Gasteiger partial charge in [0.1, 0.15) is 36.3 Å². The number of carbonyl (C=O) groups is 1. The third-order valence-corrected chi connectivity index (χ3v) is 14.0. The molecule has 0 aromatic rings. The standard InChI is InChI=1S/C40H59NO11.C2H6/c1-19-11-24-5-7-28-20(2)12-26(45-28)9-10-40-17-33-36(51-40)37-38(50-33)39(52-40)35-29(49-37)8-6-25(47-35)13-22(42)14-27-31(16-30(46-24)21(19)3)48-32(34(27)44-4)15-23(43)18-41;1-2/h19,23-39,43H,2-3,5-18,41H2,1,4H3;1-2H3/t19-,23+,24+,25-,26+,27+,28+,29+,30-,31+,32-,33-,34-,35+,36+,37+,38?,39+,40+;/m1./s1. The number of aliphatic hydroxyl groups is 1. The molecule has 10 aliphatic heterocycles. The molecular weight excluding hydrogens is 694 g/mol. The van der Waals surface area contributed by atoms with Crippen LogP contribution in [0.3, 0.4) is 0 Å². The zero-order valence-electron chi connectivity index (χ0n) is 32.8. The lowest BCUT2D eigenvalue weighted by Crippen LogP contribution is -2.61. The van der Waals surface area contributed by atoms with Crippen LogP contribution in [0.2, 0.25) is 0 Å². The Kier molecular flexibility index (Phi) is 11.8. The molecule has 304 valence electrons. The lowest BCUT2D eigenvalue weighted by molar-refractivity contribution is -0.292. The fraction of sp³-hybridized carbons (Fsp3) is 0.881. The van der Waals surface area contributed by atoms with Crippen molar-refractivity contribution in [2.75, 3.05) is 13.7 Å². The van der Waals surface area contributed by atoms with Gasteiger partial charge in [-0.25, -0.2) is 0 Å². The summed E-state index contributed by atoms with van der Waals surface area (Å²) in [6, 6.07) is 0. The number of aliphatic hydroxyl groups excluding tert-OH is 1. The molecule has 12 heteroatoms. The first-order chi connectivity index (χ1) is 26.1. The molecule has 0 radical (unpaired) electrons. The van der Waals surface area contributed by atoms with Crippen LogP contribution in [0.5, 0.6) is 0 Å². The summed E-state index contributed by atoms with van der Waals surface area (Å²) < 4.78 is 60.0. The molecule has 1 unspecified atom stereocenters. The Balaban J connectivity index is 0.00000203. The molecule has 0 saturated carbocycles. The number of hydrogen-bond acceptors (Lipinski definition) is 12. The third-order valence-electron chi connectivity index (χ3n) is 14.0. The van der Waals surface area contributed by atoms with E-state index in [1.807, 2.05) is 13.8 Å². The molecule has 1 spiro atoms. The molecule has 0 amide bonds. The normalized spacial score (nSPS) is 50.6. The molecular formula is C42H65NO11. The Hall–Kier alpha value is -1.29. The van der Waals surface area contributed by atoms with E-state index in [0.29, 0.717) is 25.7 Å². The zero-order valence-corrected chi connectivity index (χ0v) is 32.8. The lowest BCUT2D eigenvalue weighted by atomic mass is 9.81. The second kappa shape index (κ2) is 16.2. The highest BCUT2D eigenvalue weighted by Crippen LogP contribution is 2.54. The van der Waals surface area contributed by atoms with Crippen molar-refractivity contribution in [2.24, 2.45) is 17.6 Å². The van der Waals surface area contributed by atoms with E-state index in [1.165, 1.54) is 0 Å². The van der Waals surface area contributed by atoms with E-state index >= 15 is 0 Å². The van der Waals surface area contributed by atoms with Crippen LogP contribution in [0.1, 0.15) is 104 Å². The van der Waals surface area contributed by atoms with Gasteiger partial charge in [0.2, 0.25) is 0 Å². The maximum atomic E-state index is 14.1. The number of carbonyl (C=O) groups excluding carboxylic acids is 1. The molecule has 0 aromatic heterocycles. The van der Waals surface area contributed by atoms with E-state index in [4.69, 9.17) is 48.4 Å². The summed E-state index contributed by atoms with van der Waals surface area (Å²) in [4.78, 5) is 14.1. The number of Topliss-reactive ketones (excluding diaryl/α,β-unsaturated/α-hetero) is 1. The van der Waals surface area contributed by atoms with Crippen LogP contribution in [0, 0.1) is 11.8 Å². The monoisotopic (exact) mass is 759 g/mol. The van der Waals surface area contributed by atoms with Crippen molar-refractivity contribution in [3.05, 3.63) is 24.3 Å². The molecule has 10 fully saturated rings. The zero-order chi connectivity index (χ0) is 37.9.